The second kappa shape index (κ2) is 7.01. The van der Waals surface area contributed by atoms with Crippen molar-refractivity contribution in [2.75, 3.05) is 6.61 Å². The van der Waals surface area contributed by atoms with Crippen LogP contribution >= 0.6 is 0 Å². The second-order valence-electron chi connectivity index (χ2n) is 4.46. The van der Waals surface area contributed by atoms with E-state index in [1.165, 1.54) is 12.8 Å². The summed E-state index contributed by atoms with van der Waals surface area (Å²) in [7, 11) is 0. The standard InChI is InChI=1S/C14H19NO3/c16-14(15-18-13-8-4-5-9-13)10-11-17-12-6-2-1-3-7-12/h1-3,6-7,13H,4-5,8-11H2,(H,15,16). The highest BCUT2D eigenvalue weighted by Crippen LogP contribution is 2.19. The first-order valence-corrected chi connectivity index (χ1v) is 6.47. The van der Waals surface area contributed by atoms with Crippen molar-refractivity contribution >= 4 is 5.91 Å². The van der Waals surface area contributed by atoms with Crippen LogP contribution in [0.25, 0.3) is 0 Å². The maximum absolute atomic E-state index is 11.5. The number of ether oxygens (including phenoxy) is 1. The molecule has 0 atom stereocenters. The van der Waals surface area contributed by atoms with Crippen LogP contribution in [0.5, 0.6) is 5.75 Å². The molecule has 18 heavy (non-hydrogen) atoms. The van der Waals surface area contributed by atoms with Gasteiger partial charge in [0.1, 0.15) is 5.75 Å². The molecule has 0 bridgehead atoms. The van der Waals surface area contributed by atoms with Crippen molar-refractivity contribution in [1.82, 2.24) is 5.48 Å². The van der Waals surface area contributed by atoms with E-state index in [9.17, 15) is 4.79 Å². The van der Waals surface area contributed by atoms with Crippen molar-refractivity contribution in [2.24, 2.45) is 0 Å². The Morgan fingerprint density at radius 1 is 1.22 bits per heavy atom. The average molecular weight is 249 g/mol. The maximum Gasteiger partial charge on any atom is 0.246 e. The lowest BCUT2D eigenvalue weighted by Gasteiger charge is -2.11. The minimum absolute atomic E-state index is 0.127. The van der Waals surface area contributed by atoms with E-state index in [4.69, 9.17) is 9.57 Å². The van der Waals surface area contributed by atoms with Gasteiger partial charge in [-0.1, -0.05) is 31.0 Å². The molecule has 1 aromatic rings. The van der Waals surface area contributed by atoms with Gasteiger partial charge in [0, 0.05) is 0 Å². The number of carbonyl (C=O) groups excluding carboxylic acids is 1. The molecule has 2 rings (SSSR count). The summed E-state index contributed by atoms with van der Waals surface area (Å²) in [5.74, 6) is 0.653. The minimum Gasteiger partial charge on any atom is -0.493 e. The number of rotatable bonds is 6. The Morgan fingerprint density at radius 3 is 2.67 bits per heavy atom. The lowest BCUT2D eigenvalue weighted by atomic mass is 10.3. The summed E-state index contributed by atoms with van der Waals surface area (Å²) in [6.07, 6.45) is 4.97. The lowest BCUT2D eigenvalue weighted by Crippen LogP contribution is -2.29. The fraction of sp³-hybridized carbons (Fsp3) is 0.500. The zero-order valence-corrected chi connectivity index (χ0v) is 10.4. The van der Waals surface area contributed by atoms with Crippen molar-refractivity contribution in [3.63, 3.8) is 0 Å². The number of para-hydroxylation sites is 1. The highest BCUT2D eigenvalue weighted by atomic mass is 16.7. The molecule has 0 unspecified atom stereocenters. The van der Waals surface area contributed by atoms with Crippen LogP contribution in [0.1, 0.15) is 32.1 Å². The summed E-state index contributed by atoms with van der Waals surface area (Å²) < 4.78 is 5.43. The van der Waals surface area contributed by atoms with Crippen molar-refractivity contribution in [2.45, 2.75) is 38.2 Å². The van der Waals surface area contributed by atoms with E-state index in [2.05, 4.69) is 5.48 Å². The highest BCUT2D eigenvalue weighted by Gasteiger charge is 2.16. The van der Waals surface area contributed by atoms with E-state index in [0.29, 0.717) is 13.0 Å². The van der Waals surface area contributed by atoms with Crippen LogP contribution in [0.3, 0.4) is 0 Å². The molecule has 1 aliphatic rings. The zero-order chi connectivity index (χ0) is 12.6. The Balaban J connectivity index is 1.57. The number of hydroxylamine groups is 1. The molecule has 0 aromatic heterocycles. The third kappa shape index (κ3) is 4.37. The Hall–Kier alpha value is -1.55. The van der Waals surface area contributed by atoms with Crippen molar-refractivity contribution < 1.29 is 14.4 Å². The van der Waals surface area contributed by atoms with Gasteiger partial charge in [0.2, 0.25) is 5.91 Å². The highest BCUT2D eigenvalue weighted by molar-refractivity contribution is 5.74. The fourth-order valence-corrected chi connectivity index (χ4v) is 1.98. The third-order valence-electron chi connectivity index (χ3n) is 2.98. The molecular weight excluding hydrogens is 230 g/mol. The summed E-state index contributed by atoms with van der Waals surface area (Å²) in [5.41, 5.74) is 2.49. The van der Waals surface area contributed by atoms with E-state index < -0.39 is 0 Å². The monoisotopic (exact) mass is 249 g/mol. The van der Waals surface area contributed by atoms with Crippen LogP contribution in [0.4, 0.5) is 0 Å². The number of benzene rings is 1. The van der Waals surface area contributed by atoms with Gasteiger partial charge in [-0.2, -0.15) is 0 Å². The van der Waals surface area contributed by atoms with Gasteiger partial charge in [-0.25, -0.2) is 5.48 Å². The van der Waals surface area contributed by atoms with Gasteiger partial charge in [0.25, 0.3) is 0 Å². The van der Waals surface area contributed by atoms with Gasteiger partial charge in [0.05, 0.1) is 19.1 Å². The molecule has 4 nitrogen and oxygen atoms in total. The Kier molecular flexibility index (Phi) is 5.02. The summed E-state index contributed by atoms with van der Waals surface area (Å²) in [6, 6.07) is 9.46. The van der Waals surface area contributed by atoms with E-state index in [1.807, 2.05) is 30.3 Å². The van der Waals surface area contributed by atoms with Gasteiger partial charge in [-0.05, 0) is 25.0 Å². The predicted molar refractivity (Wildman–Crippen MR) is 68.0 cm³/mol. The number of hydrogen-bond donors (Lipinski definition) is 1. The topological polar surface area (TPSA) is 47.6 Å². The Bertz CT molecular complexity index is 361. The molecule has 1 N–H and O–H groups in total. The van der Waals surface area contributed by atoms with Crippen LogP contribution in [-0.2, 0) is 9.63 Å². The smallest absolute Gasteiger partial charge is 0.246 e. The van der Waals surface area contributed by atoms with Crippen LogP contribution in [0.2, 0.25) is 0 Å². The Labute approximate surface area is 107 Å². The third-order valence-corrected chi connectivity index (χ3v) is 2.98. The van der Waals surface area contributed by atoms with Gasteiger partial charge in [-0.15, -0.1) is 0 Å². The van der Waals surface area contributed by atoms with Gasteiger partial charge < -0.3 is 4.74 Å². The molecule has 0 spiro atoms. The van der Waals surface area contributed by atoms with E-state index in [1.54, 1.807) is 0 Å². The molecular formula is C14H19NO3. The van der Waals surface area contributed by atoms with E-state index in [0.717, 1.165) is 18.6 Å². The first-order valence-electron chi connectivity index (χ1n) is 6.47. The van der Waals surface area contributed by atoms with Gasteiger partial charge in [-0.3, -0.25) is 9.63 Å². The molecule has 0 radical (unpaired) electrons. The molecule has 1 saturated carbocycles. The summed E-state index contributed by atoms with van der Waals surface area (Å²) in [4.78, 5) is 16.8. The molecule has 0 aliphatic heterocycles. The second-order valence-corrected chi connectivity index (χ2v) is 4.46. The molecule has 0 saturated heterocycles. The van der Waals surface area contributed by atoms with Crippen molar-refractivity contribution in [3.8, 4) is 5.75 Å². The Morgan fingerprint density at radius 2 is 1.94 bits per heavy atom. The van der Waals surface area contributed by atoms with E-state index in [-0.39, 0.29) is 12.0 Å². The molecule has 0 heterocycles. The first kappa shape index (κ1) is 12.9. The molecule has 1 fully saturated rings. The van der Waals surface area contributed by atoms with Crippen LogP contribution in [0.15, 0.2) is 30.3 Å². The molecule has 98 valence electrons. The normalized spacial score (nSPS) is 15.6. The molecule has 1 aliphatic carbocycles. The lowest BCUT2D eigenvalue weighted by molar-refractivity contribution is -0.138. The number of carbonyl (C=O) groups is 1. The van der Waals surface area contributed by atoms with E-state index >= 15 is 0 Å². The zero-order valence-electron chi connectivity index (χ0n) is 10.4. The average Bonchev–Trinajstić information content (AvgIpc) is 2.91. The summed E-state index contributed by atoms with van der Waals surface area (Å²) in [6.45, 7) is 0.365. The maximum atomic E-state index is 11.5. The van der Waals surface area contributed by atoms with Gasteiger partial charge in [0.15, 0.2) is 0 Å². The minimum atomic E-state index is -0.127. The largest absolute Gasteiger partial charge is 0.493 e. The van der Waals surface area contributed by atoms with Crippen molar-refractivity contribution in [3.05, 3.63) is 30.3 Å². The first-order chi connectivity index (χ1) is 8.84. The van der Waals surface area contributed by atoms with Gasteiger partial charge >= 0.3 is 0 Å². The van der Waals surface area contributed by atoms with Crippen LogP contribution in [0, 0.1) is 0 Å². The van der Waals surface area contributed by atoms with Crippen LogP contribution in [-0.4, -0.2) is 18.6 Å². The quantitative estimate of drug-likeness (QED) is 0.788. The predicted octanol–water partition coefficient (Wildman–Crippen LogP) is 2.45. The van der Waals surface area contributed by atoms with Crippen LogP contribution < -0.4 is 10.2 Å². The summed E-state index contributed by atoms with van der Waals surface area (Å²) in [5, 5.41) is 0. The number of nitrogens with one attached hydrogen (secondary N) is 1. The molecule has 4 heteroatoms. The summed E-state index contributed by atoms with van der Waals surface area (Å²) >= 11 is 0. The SMILES string of the molecule is O=C(CCOc1ccccc1)NOC1CCCC1. The molecule has 1 aromatic carbocycles. The molecule has 1 amide bonds. The number of hydrogen-bond acceptors (Lipinski definition) is 3. The van der Waals surface area contributed by atoms with Crippen molar-refractivity contribution in [1.29, 1.82) is 0 Å². The number of amides is 1. The fourth-order valence-electron chi connectivity index (χ4n) is 1.98.